The Morgan fingerprint density at radius 1 is 1.11 bits per heavy atom. The highest BCUT2D eigenvalue weighted by molar-refractivity contribution is 5.26. The van der Waals surface area contributed by atoms with Crippen molar-refractivity contribution < 1.29 is 0 Å². The first-order valence-electron chi connectivity index (χ1n) is 6.99. The molecule has 0 amide bonds. The highest BCUT2D eigenvalue weighted by Crippen LogP contribution is 2.21. The average molecular weight is 248 g/mol. The third-order valence-electron chi connectivity index (χ3n) is 4.00. The van der Waals surface area contributed by atoms with Crippen molar-refractivity contribution in [3.63, 3.8) is 0 Å². The molecule has 0 aliphatic heterocycles. The number of benzene rings is 1. The van der Waals surface area contributed by atoms with Crippen LogP contribution < -0.4 is 5.32 Å². The molecule has 0 bridgehead atoms. The van der Waals surface area contributed by atoms with Crippen molar-refractivity contribution in [2.24, 2.45) is 0 Å². The average Bonchev–Trinajstić information content (AvgIpc) is 2.39. The standard InChI is InChI=1S/C16H28N2/c1-7-14-8-10-15(11-9-14)16(17-5)13(4)18(6)12(2)3/h8-13,16-17H,7H2,1-6H3. The predicted molar refractivity (Wildman–Crippen MR) is 80.0 cm³/mol. The third-order valence-corrected chi connectivity index (χ3v) is 4.00. The maximum Gasteiger partial charge on any atom is 0.0472 e. The van der Waals surface area contributed by atoms with Gasteiger partial charge in [-0.15, -0.1) is 0 Å². The van der Waals surface area contributed by atoms with Gasteiger partial charge in [0.25, 0.3) is 0 Å². The van der Waals surface area contributed by atoms with E-state index in [0.29, 0.717) is 18.1 Å². The van der Waals surface area contributed by atoms with Gasteiger partial charge in [0.15, 0.2) is 0 Å². The molecule has 2 nitrogen and oxygen atoms in total. The Labute approximate surface area is 112 Å². The lowest BCUT2D eigenvalue weighted by atomic mass is 9.97. The van der Waals surface area contributed by atoms with Crippen molar-refractivity contribution in [2.45, 2.75) is 52.2 Å². The lowest BCUT2D eigenvalue weighted by molar-refractivity contribution is 0.172. The summed E-state index contributed by atoms with van der Waals surface area (Å²) in [5.41, 5.74) is 2.77. The van der Waals surface area contributed by atoms with E-state index in [9.17, 15) is 0 Å². The predicted octanol–water partition coefficient (Wildman–Crippen LogP) is 3.24. The quantitative estimate of drug-likeness (QED) is 0.831. The van der Waals surface area contributed by atoms with Crippen LogP contribution in [0.2, 0.25) is 0 Å². The van der Waals surface area contributed by atoms with Crippen LogP contribution >= 0.6 is 0 Å². The maximum atomic E-state index is 3.45. The first-order chi connectivity index (χ1) is 8.51. The molecule has 2 unspecified atom stereocenters. The van der Waals surface area contributed by atoms with E-state index in [-0.39, 0.29) is 0 Å². The fraction of sp³-hybridized carbons (Fsp3) is 0.625. The summed E-state index contributed by atoms with van der Waals surface area (Å²) in [7, 11) is 4.24. The van der Waals surface area contributed by atoms with E-state index in [1.54, 1.807) is 0 Å². The molecule has 2 heteroatoms. The summed E-state index contributed by atoms with van der Waals surface area (Å²) in [5, 5.41) is 3.45. The zero-order chi connectivity index (χ0) is 13.7. The van der Waals surface area contributed by atoms with Crippen LogP contribution in [0.4, 0.5) is 0 Å². The molecule has 0 radical (unpaired) electrons. The Hall–Kier alpha value is -0.860. The van der Waals surface area contributed by atoms with Crippen molar-refractivity contribution in [1.82, 2.24) is 10.2 Å². The van der Waals surface area contributed by atoms with E-state index in [0.717, 1.165) is 6.42 Å². The number of hydrogen-bond donors (Lipinski definition) is 1. The minimum absolute atomic E-state index is 0.378. The van der Waals surface area contributed by atoms with Crippen molar-refractivity contribution in [1.29, 1.82) is 0 Å². The summed E-state index contributed by atoms with van der Waals surface area (Å²) in [5.74, 6) is 0. The molecule has 0 heterocycles. The smallest absolute Gasteiger partial charge is 0.0472 e. The number of hydrogen-bond acceptors (Lipinski definition) is 2. The van der Waals surface area contributed by atoms with Crippen LogP contribution in [0.1, 0.15) is 44.9 Å². The van der Waals surface area contributed by atoms with Crippen LogP contribution in [0.3, 0.4) is 0 Å². The fourth-order valence-electron chi connectivity index (χ4n) is 2.35. The van der Waals surface area contributed by atoms with Gasteiger partial charge in [-0.2, -0.15) is 0 Å². The van der Waals surface area contributed by atoms with E-state index in [1.807, 2.05) is 7.05 Å². The monoisotopic (exact) mass is 248 g/mol. The minimum atomic E-state index is 0.378. The lowest BCUT2D eigenvalue weighted by Gasteiger charge is -2.34. The van der Waals surface area contributed by atoms with Crippen molar-refractivity contribution >= 4 is 0 Å². The van der Waals surface area contributed by atoms with Gasteiger partial charge in [-0.3, -0.25) is 4.90 Å². The van der Waals surface area contributed by atoms with Gasteiger partial charge in [0.2, 0.25) is 0 Å². The lowest BCUT2D eigenvalue weighted by Crippen LogP contribution is -2.43. The molecule has 0 aliphatic rings. The summed E-state index contributed by atoms with van der Waals surface area (Å²) in [6.45, 7) is 8.96. The summed E-state index contributed by atoms with van der Waals surface area (Å²) >= 11 is 0. The van der Waals surface area contributed by atoms with Crippen LogP contribution in [0.15, 0.2) is 24.3 Å². The van der Waals surface area contributed by atoms with Crippen LogP contribution in [-0.2, 0) is 6.42 Å². The fourth-order valence-corrected chi connectivity index (χ4v) is 2.35. The molecule has 0 aromatic heterocycles. The van der Waals surface area contributed by atoms with Crippen LogP contribution in [0, 0.1) is 0 Å². The van der Waals surface area contributed by atoms with E-state index in [2.05, 4.69) is 69.2 Å². The SMILES string of the molecule is CCc1ccc(C(NC)C(C)N(C)C(C)C)cc1. The Kier molecular flexibility index (Phi) is 5.83. The first-order valence-corrected chi connectivity index (χ1v) is 6.99. The second-order valence-corrected chi connectivity index (χ2v) is 5.36. The van der Waals surface area contributed by atoms with Gasteiger partial charge in [0.1, 0.15) is 0 Å². The van der Waals surface area contributed by atoms with Gasteiger partial charge in [-0.25, -0.2) is 0 Å². The number of nitrogens with zero attached hydrogens (tertiary/aromatic N) is 1. The van der Waals surface area contributed by atoms with Crippen molar-refractivity contribution in [3.8, 4) is 0 Å². The normalized spacial score (nSPS) is 15.1. The summed E-state index contributed by atoms with van der Waals surface area (Å²) in [6, 6.07) is 10.4. The Bertz CT molecular complexity index is 343. The molecule has 2 atom stereocenters. The zero-order valence-electron chi connectivity index (χ0n) is 12.7. The van der Waals surface area contributed by atoms with Crippen LogP contribution in [-0.4, -0.2) is 31.1 Å². The molecular formula is C16H28N2. The molecule has 0 fully saturated rings. The van der Waals surface area contributed by atoms with E-state index in [4.69, 9.17) is 0 Å². The number of rotatable bonds is 6. The van der Waals surface area contributed by atoms with Crippen LogP contribution in [0.25, 0.3) is 0 Å². The highest BCUT2D eigenvalue weighted by Gasteiger charge is 2.22. The van der Waals surface area contributed by atoms with Gasteiger partial charge in [-0.1, -0.05) is 31.2 Å². The molecule has 18 heavy (non-hydrogen) atoms. The van der Waals surface area contributed by atoms with Gasteiger partial charge >= 0.3 is 0 Å². The summed E-state index contributed by atoms with van der Waals surface area (Å²) in [6.07, 6.45) is 1.10. The van der Waals surface area contributed by atoms with Crippen molar-refractivity contribution in [2.75, 3.05) is 14.1 Å². The van der Waals surface area contributed by atoms with E-state index >= 15 is 0 Å². The second-order valence-electron chi connectivity index (χ2n) is 5.36. The number of nitrogens with one attached hydrogen (secondary N) is 1. The maximum absolute atomic E-state index is 3.45. The van der Waals surface area contributed by atoms with Gasteiger partial charge in [0.05, 0.1) is 0 Å². The molecule has 102 valence electrons. The number of aryl methyl sites for hydroxylation is 1. The topological polar surface area (TPSA) is 15.3 Å². The number of likely N-dealkylation sites (N-methyl/N-ethyl adjacent to an activating group) is 2. The van der Waals surface area contributed by atoms with Gasteiger partial charge in [-0.05, 0) is 52.4 Å². The zero-order valence-corrected chi connectivity index (χ0v) is 12.7. The van der Waals surface area contributed by atoms with Gasteiger partial charge < -0.3 is 5.32 Å². The second kappa shape index (κ2) is 6.91. The largest absolute Gasteiger partial charge is 0.312 e. The third kappa shape index (κ3) is 3.56. The molecule has 0 spiro atoms. The molecular weight excluding hydrogens is 220 g/mol. The Morgan fingerprint density at radius 3 is 2.06 bits per heavy atom. The highest BCUT2D eigenvalue weighted by atomic mass is 15.2. The summed E-state index contributed by atoms with van der Waals surface area (Å²) in [4.78, 5) is 2.41. The molecule has 1 rings (SSSR count). The van der Waals surface area contributed by atoms with Crippen molar-refractivity contribution in [3.05, 3.63) is 35.4 Å². The Balaban J connectivity index is 2.87. The summed E-state index contributed by atoms with van der Waals surface area (Å²) < 4.78 is 0. The molecule has 1 aromatic rings. The minimum Gasteiger partial charge on any atom is -0.312 e. The van der Waals surface area contributed by atoms with E-state index in [1.165, 1.54) is 11.1 Å². The first kappa shape index (κ1) is 15.2. The molecule has 1 N–H and O–H groups in total. The molecule has 0 saturated heterocycles. The molecule has 1 aromatic carbocycles. The van der Waals surface area contributed by atoms with Gasteiger partial charge in [0, 0.05) is 18.1 Å². The molecule has 0 saturated carbocycles. The van der Waals surface area contributed by atoms with E-state index < -0.39 is 0 Å². The Morgan fingerprint density at radius 2 is 1.67 bits per heavy atom. The van der Waals surface area contributed by atoms with Crippen LogP contribution in [0.5, 0.6) is 0 Å². The molecule has 0 aliphatic carbocycles.